The van der Waals surface area contributed by atoms with Crippen LogP contribution in [0.1, 0.15) is 27.6 Å². The number of anilines is 1. The van der Waals surface area contributed by atoms with Crippen molar-refractivity contribution in [2.45, 2.75) is 6.10 Å². The van der Waals surface area contributed by atoms with E-state index in [0.29, 0.717) is 11.6 Å². The van der Waals surface area contributed by atoms with Gasteiger partial charge in [-0.15, -0.1) is 0 Å². The zero-order valence-corrected chi connectivity index (χ0v) is 16.0. The van der Waals surface area contributed by atoms with Crippen LogP contribution in [0.25, 0.3) is 0 Å². The molecule has 1 heterocycles. The molecule has 0 radical (unpaired) electrons. The highest BCUT2D eigenvalue weighted by Crippen LogP contribution is 2.27. The van der Waals surface area contributed by atoms with E-state index in [9.17, 15) is 9.18 Å². The van der Waals surface area contributed by atoms with E-state index in [4.69, 9.17) is 4.74 Å². The highest BCUT2D eigenvalue weighted by molar-refractivity contribution is 6.04. The molecule has 1 N–H and O–H groups in total. The molecule has 1 aromatic heterocycles. The van der Waals surface area contributed by atoms with Crippen molar-refractivity contribution in [3.63, 3.8) is 0 Å². The van der Waals surface area contributed by atoms with E-state index < -0.39 is 11.7 Å². The molecule has 148 valence electrons. The molecule has 0 aliphatic rings. The van der Waals surface area contributed by atoms with Gasteiger partial charge in [0.25, 0.3) is 5.91 Å². The first kappa shape index (κ1) is 19.3. The maximum atomic E-state index is 13.8. The van der Waals surface area contributed by atoms with Crippen LogP contribution in [0.15, 0.2) is 103 Å². The molecule has 0 aliphatic heterocycles. The average molecular weight is 398 g/mol. The zero-order valence-electron chi connectivity index (χ0n) is 16.0. The summed E-state index contributed by atoms with van der Waals surface area (Å²) in [6.45, 7) is 0. The molecule has 0 unspecified atom stereocenters. The molecule has 0 saturated heterocycles. The minimum absolute atomic E-state index is 0.0222. The molecule has 1 amide bonds. The fourth-order valence-electron chi connectivity index (χ4n) is 3.07. The second-order valence-corrected chi connectivity index (χ2v) is 6.64. The Morgan fingerprint density at radius 1 is 0.800 bits per heavy atom. The lowest BCUT2D eigenvalue weighted by Gasteiger charge is -2.19. The molecule has 3 aromatic carbocycles. The summed E-state index contributed by atoms with van der Waals surface area (Å²) in [6, 6.07) is 28.9. The second-order valence-electron chi connectivity index (χ2n) is 6.64. The van der Waals surface area contributed by atoms with Gasteiger partial charge in [-0.05, 0) is 29.3 Å². The van der Waals surface area contributed by atoms with Crippen molar-refractivity contribution in [3.8, 4) is 5.88 Å². The van der Waals surface area contributed by atoms with Crippen LogP contribution in [0, 0.1) is 5.82 Å². The molecule has 0 aliphatic carbocycles. The van der Waals surface area contributed by atoms with Crippen LogP contribution in [0.5, 0.6) is 5.88 Å². The summed E-state index contributed by atoms with van der Waals surface area (Å²) in [6.07, 6.45) is 1.17. The monoisotopic (exact) mass is 398 g/mol. The lowest BCUT2D eigenvalue weighted by atomic mass is 10.0. The van der Waals surface area contributed by atoms with Crippen LogP contribution < -0.4 is 10.1 Å². The number of carbonyl (C=O) groups is 1. The molecule has 4 aromatic rings. The van der Waals surface area contributed by atoms with Crippen molar-refractivity contribution in [2.24, 2.45) is 0 Å². The highest BCUT2D eigenvalue weighted by Gasteiger charge is 2.17. The summed E-state index contributed by atoms with van der Waals surface area (Å²) >= 11 is 0. The van der Waals surface area contributed by atoms with Gasteiger partial charge < -0.3 is 10.1 Å². The Bertz CT molecular complexity index is 1080. The summed E-state index contributed by atoms with van der Waals surface area (Å²) in [5, 5.41) is 2.65. The van der Waals surface area contributed by atoms with Gasteiger partial charge in [0.15, 0.2) is 6.10 Å². The quantitative estimate of drug-likeness (QED) is 0.457. The number of rotatable bonds is 6. The van der Waals surface area contributed by atoms with Gasteiger partial charge in [-0.2, -0.15) is 0 Å². The number of amides is 1. The van der Waals surface area contributed by atoms with Crippen molar-refractivity contribution in [1.29, 1.82) is 0 Å². The first-order valence-electron chi connectivity index (χ1n) is 9.49. The lowest BCUT2D eigenvalue weighted by molar-refractivity contribution is 0.102. The van der Waals surface area contributed by atoms with E-state index >= 15 is 0 Å². The number of benzene rings is 3. The number of ether oxygens (including phenoxy) is 1. The molecule has 0 saturated carbocycles. The number of hydrogen-bond donors (Lipinski definition) is 1. The Balaban J connectivity index is 1.51. The van der Waals surface area contributed by atoms with E-state index in [0.717, 1.165) is 11.1 Å². The van der Waals surface area contributed by atoms with Crippen LogP contribution in [-0.2, 0) is 0 Å². The van der Waals surface area contributed by atoms with Gasteiger partial charge >= 0.3 is 0 Å². The summed E-state index contributed by atoms with van der Waals surface area (Å²) in [4.78, 5) is 16.6. The molecular formula is C25H19FN2O2. The van der Waals surface area contributed by atoms with Crippen molar-refractivity contribution in [1.82, 2.24) is 4.98 Å². The third-order valence-corrected chi connectivity index (χ3v) is 4.56. The minimum atomic E-state index is -0.573. The van der Waals surface area contributed by atoms with Crippen LogP contribution in [0.2, 0.25) is 0 Å². The Morgan fingerprint density at radius 3 is 1.97 bits per heavy atom. The van der Waals surface area contributed by atoms with Crippen molar-refractivity contribution in [2.75, 3.05) is 5.32 Å². The number of hydrogen-bond acceptors (Lipinski definition) is 3. The van der Waals surface area contributed by atoms with E-state index in [1.165, 1.54) is 24.4 Å². The zero-order chi connectivity index (χ0) is 20.8. The second kappa shape index (κ2) is 9.01. The first-order chi connectivity index (χ1) is 14.7. The maximum Gasteiger partial charge on any atom is 0.258 e. The van der Waals surface area contributed by atoms with Crippen LogP contribution in [-0.4, -0.2) is 10.9 Å². The van der Waals surface area contributed by atoms with Gasteiger partial charge in [0.1, 0.15) is 5.82 Å². The van der Waals surface area contributed by atoms with E-state index in [1.54, 1.807) is 18.2 Å². The number of nitrogens with zero attached hydrogens (tertiary/aromatic N) is 1. The standard InChI is InChI=1S/C25H19FN2O2/c26-22-14-8-7-13-21(22)25(29)28-20-15-16-23(27-17-20)30-24(18-9-3-1-4-10-18)19-11-5-2-6-12-19/h1-17,24H,(H,28,29). The predicted molar refractivity (Wildman–Crippen MR) is 114 cm³/mol. The molecule has 5 heteroatoms. The van der Waals surface area contributed by atoms with E-state index in [2.05, 4.69) is 10.3 Å². The number of aromatic nitrogens is 1. The number of halogens is 1. The van der Waals surface area contributed by atoms with Gasteiger partial charge in [-0.1, -0.05) is 72.8 Å². The molecule has 30 heavy (non-hydrogen) atoms. The van der Waals surface area contributed by atoms with Crippen molar-refractivity contribution < 1.29 is 13.9 Å². The van der Waals surface area contributed by atoms with Crippen LogP contribution in [0.4, 0.5) is 10.1 Å². The Kier molecular flexibility index (Phi) is 5.80. The molecule has 4 rings (SSSR count). The van der Waals surface area contributed by atoms with Crippen molar-refractivity contribution >= 4 is 11.6 Å². The molecule has 4 nitrogen and oxygen atoms in total. The Morgan fingerprint density at radius 2 is 1.40 bits per heavy atom. The average Bonchev–Trinajstić information content (AvgIpc) is 2.80. The van der Waals surface area contributed by atoms with E-state index in [-0.39, 0.29) is 11.7 Å². The predicted octanol–water partition coefficient (Wildman–Crippen LogP) is 5.64. The first-order valence-corrected chi connectivity index (χ1v) is 9.49. The van der Waals surface area contributed by atoms with Crippen LogP contribution >= 0.6 is 0 Å². The van der Waals surface area contributed by atoms with Gasteiger partial charge in [-0.3, -0.25) is 4.79 Å². The fraction of sp³-hybridized carbons (Fsp3) is 0.0400. The van der Waals surface area contributed by atoms with E-state index in [1.807, 2.05) is 60.7 Å². The van der Waals surface area contributed by atoms with Gasteiger partial charge in [0.05, 0.1) is 17.4 Å². The summed E-state index contributed by atoms with van der Waals surface area (Å²) in [5.74, 6) is -0.692. The topological polar surface area (TPSA) is 51.2 Å². The smallest absolute Gasteiger partial charge is 0.258 e. The number of pyridine rings is 1. The fourth-order valence-corrected chi connectivity index (χ4v) is 3.07. The normalized spacial score (nSPS) is 10.6. The maximum absolute atomic E-state index is 13.8. The third kappa shape index (κ3) is 4.52. The van der Waals surface area contributed by atoms with Crippen molar-refractivity contribution in [3.05, 3.63) is 126 Å². The molecule has 0 atom stereocenters. The SMILES string of the molecule is O=C(Nc1ccc(OC(c2ccccc2)c2ccccc2)nc1)c1ccccc1F. The highest BCUT2D eigenvalue weighted by atomic mass is 19.1. The Labute approximate surface area is 174 Å². The largest absolute Gasteiger partial charge is 0.465 e. The molecule has 0 bridgehead atoms. The molecule has 0 spiro atoms. The van der Waals surface area contributed by atoms with Gasteiger partial charge in [-0.25, -0.2) is 9.37 Å². The lowest BCUT2D eigenvalue weighted by Crippen LogP contribution is -2.14. The molecule has 0 fully saturated rings. The Hall–Kier alpha value is -3.99. The number of nitrogens with one attached hydrogen (secondary N) is 1. The summed E-state index contributed by atoms with van der Waals surface area (Å²) in [7, 11) is 0. The molecular weight excluding hydrogens is 379 g/mol. The van der Waals surface area contributed by atoms with Gasteiger partial charge in [0, 0.05) is 6.07 Å². The van der Waals surface area contributed by atoms with Crippen LogP contribution in [0.3, 0.4) is 0 Å². The van der Waals surface area contributed by atoms with Gasteiger partial charge in [0.2, 0.25) is 5.88 Å². The number of carbonyl (C=O) groups excluding carboxylic acids is 1. The summed E-state index contributed by atoms with van der Waals surface area (Å²) in [5.41, 5.74) is 2.43. The summed E-state index contributed by atoms with van der Waals surface area (Å²) < 4.78 is 19.9. The minimum Gasteiger partial charge on any atom is -0.465 e. The third-order valence-electron chi connectivity index (χ3n) is 4.56.